The van der Waals surface area contributed by atoms with Crippen molar-refractivity contribution in [2.24, 2.45) is 7.05 Å². The highest BCUT2D eigenvalue weighted by Crippen LogP contribution is 2.14. The smallest absolute Gasteiger partial charge is 0.176 e. The third-order valence-electron chi connectivity index (χ3n) is 3.65. The summed E-state index contributed by atoms with van der Waals surface area (Å²) in [5.74, 6) is 6.48. The predicted molar refractivity (Wildman–Crippen MR) is 91.9 cm³/mol. The lowest BCUT2D eigenvalue weighted by Crippen LogP contribution is -3.00. The zero-order valence-corrected chi connectivity index (χ0v) is 15.7. The average molecular weight is 414 g/mol. The summed E-state index contributed by atoms with van der Waals surface area (Å²) in [5.41, 5.74) is 3.26. The standard InChI is InChI=1S/C20H19N2.HI/c1-21(2)20-10-7-16(8-11-20)4-5-17-6-9-19-15-22(3)13-12-18(19)14-17;/h6-15H,1-3H3;1H/q+1;/p-1. The van der Waals surface area contributed by atoms with E-state index < -0.39 is 0 Å². The summed E-state index contributed by atoms with van der Waals surface area (Å²) in [6.45, 7) is 0. The Kier molecular flexibility index (Phi) is 5.62. The van der Waals surface area contributed by atoms with Gasteiger partial charge >= 0.3 is 0 Å². The van der Waals surface area contributed by atoms with Crippen molar-refractivity contribution in [3.8, 4) is 11.8 Å². The maximum Gasteiger partial charge on any atom is 0.176 e. The number of aryl methyl sites for hydroxylation is 1. The minimum atomic E-state index is 0. The Labute approximate surface area is 154 Å². The molecule has 1 heterocycles. The maximum atomic E-state index is 3.25. The van der Waals surface area contributed by atoms with Gasteiger partial charge in [-0.25, -0.2) is 4.57 Å². The molecule has 2 nitrogen and oxygen atoms in total. The van der Waals surface area contributed by atoms with Gasteiger partial charge in [0.05, 0.1) is 0 Å². The lowest BCUT2D eigenvalue weighted by Gasteiger charge is -2.11. The first-order valence-corrected chi connectivity index (χ1v) is 7.30. The molecule has 1 aromatic heterocycles. The molecule has 0 bridgehead atoms. The Hall–Kier alpha value is -2.06. The average Bonchev–Trinajstić information content (AvgIpc) is 2.53. The van der Waals surface area contributed by atoms with E-state index in [1.54, 1.807) is 0 Å². The summed E-state index contributed by atoms with van der Waals surface area (Å²) in [5, 5.41) is 2.44. The molecule has 0 saturated carbocycles. The minimum Gasteiger partial charge on any atom is -1.00 e. The van der Waals surface area contributed by atoms with Crippen LogP contribution in [0.3, 0.4) is 0 Å². The Morgan fingerprint density at radius 1 is 0.826 bits per heavy atom. The van der Waals surface area contributed by atoms with Crippen LogP contribution in [0.15, 0.2) is 60.9 Å². The van der Waals surface area contributed by atoms with Crippen molar-refractivity contribution in [1.82, 2.24) is 0 Å². The molecule has 0 spiro atoms. The molecule has 2 aromatic carbocycles. The molecule has 3 heteroatoms. The molecule has 23 heavy (non-hydrogen) atoms. The van der Waals surface area contributed by atoms with Crippen molar-refractivity contribution in [3.63, 3.8) is 0 Å². The lowest BCUT2D eigenvalue weighted by molar-refractivity contribution is -0.670. The molecule has 0 saturated heterocycles. The Bertz CT molecular complexity index is 872. The molecular formula is C20H19IN2. The molecule has 0 amide bonds. The normalized spacial score (nSPS) is 9.70. The van der Waals surface area contributed by atoms with E-state index in [2.05, 4.69) is 82.2 Å². The van der Waals surface area contributed by atoms with E-state index in [0.717, 1.165) is 11.1 Å². The SMILES string of the molecule is CN(C)c1ccc(C#Cc2ccc3c[n+](C)ccc3c2)cc1.[I-]. The van der Waals surface area contributed by atoms with E-state index in [1.807, 2.05) is 21.1 Å². The van der Waals surface area contributed by atoms with Gasteiger partial charge in [0.2, 0.25) is 0 Å². The highest BCUT2D eigenvalue weighted by molar-refractivity contribution is 5.82. The Morgan fingerprint density at radius 2 is 1.48 bits per heavy atom. The second-order valence-corrected chi connectivity index (χ2v) is 5.65. The molecule has 3 rings (SSSR count). The van der Waals surface area contributed by atoms with Crippen LogP contribution < -0.4 is 33.4 Å². The summed E-state index contributed by atoms with van der Waals surface area (Å²) in [6, 6.07) is 16.7. The minimum absolute atomic E-state index is 0. The monoisotopic (exact) mass is 414 g/mol. The predicted octanol–water partition coefficient (Wildman–Crippen LogP) is 0.134. The van der Waals surface area contributed by atoms with Crippen molar-refractivity contribution < 1.29 is 28.5 Å². The number of pyridine rings is 1. The molecule has 0 N–H and O–H groups in total. The van der Waals surface area contributed by atoms with Gasteiger partial charge in [-0.2, -0.15) is 0 Å². The van der Waals surface area contributed by atoms with E-state index in [4.69, 9.17) is 0 Å². The Morgan fingerprint density at radius 3 is 2.17 bits per heavy atom. The number of benzene rings is 2. The van der Waals surface area contributed by atoms with Gasteiger partial charge < -0.3 is 28.9 Å². The number of anilines is 1. The van der Waals surface area contributed by atoms with Crippen LogP contribution in [-0.2, 0) is 7.05 Å². The van der Waals surface area contributed by atoms with Gasteiger partial charge in [0.1, 0.15) is 7.05 Å². The molecule has 0 fully saturated rings. The van der Waals surface area contributed by atoms with Crippen LogP contribution in [0.5, 0.6) is 0 Å². The van der Waals surface area contributed by atoms with Crippen molar-refractivity contribution in [2.75, 3.05) is 19.0 Å². The third-order valence-corrected chi connectivity index (χ3v) is 3.65. The molecule has 0 aliphatic heterocycles. The summed E-state index contributed by atoms with van der Waals surface area (Å²) in [4.78, 5) is 2.08. The fourth-order valence-corrected chi connectivity index (χ4v) is 2.36. The van der Waals surface area contributed by atoms with E-state index in [1.165, 1.54) is 16.5 Å². The van der Waals surface area contributed by atoms with E-state index in [-0.39, 0.29) is 24.0 Å². The molecular weight excluding hydrogens is 395 g/mol. The molecule has 116 valence electrons. The first-order chi connectivity index (χ1) is 10.6. The van der Waals surface area contributed by atoms with Crippen molar-refractivity contribution >= 4 is 16.5 Å². The zero-order valence-electron chi connectivity index (χ0n) is 13.5. The number of fused-ring (bicyclic) bond motifs is 1. The number of rotatable bonds is 1. The zero-order chi connectivity index (χ0) is 15.5. The van der Waals surface area contributed by atoms with Gasteiger partial charge in [-0.15, -0.1) is 0 Å². The van der Waals surface area contributed by atoms with Crippen molar-refractivity contribution in [2.45, 2.75) is 0 Å². The van der Waals surface area contributed by atoms with Crippen LogP contribution in [0.25, 0.3) is 10.8 Å². The van der Waals surface area contributed by atoms with E-state index in [0.29, 0.717) is 0 Å². The second kappa shape index (κ2) is 7.47. The number of hydrogen-bond donors (Lipinski definition) is 0. The number of aromatic nitrogens is 1. The fourth-order valence-electron chi connectivity index (χ4n) is 2.36. The first kappa shape index (κ1) is 17.3. The topological polar surface area (TPSA) is 7.12 Å². The van der Waals surface area contributed by atoms with Gasteiger partial charge in [-0.3, -0.25) is 0 Å². The van der Waals surface area contributed by atoms with Crippen molar-refractivity contribution in [1.29, 1.82) is 0 Å². The van der Waals surface area contributed by atoms with Gasteiger partial charge in [0.15, 0.2) is 12.4 Å². The van der Waals surface area contributed by atoms with Gasteiger partial charge in [0.25, 0.3) is 0 Å². The highest BCUT2D eigenvalue weighted by atomic mass is 127. The fraction of sp³-hybridized carbons (Fsp3) is 0.150. The molecule has 0 aliphatic rings. The van der Waals surface area contributed by atoms with E-state index in [9.17, 15) is 0 Å². The maximum absolute atomic E-state index is 3.25. The number of halogens is 1. The van der Waals surface area contributed by atoms with Crippen LogP contribution in [0.4, 0.5) is 5.69 Å². The van der Waals surface area contributed by atoms with Gasteiger partial charge in [-0.1, -0.05) is 11.8 Å². The molecule has 0 radical (unpaired) electrons. The first-order valence-electron chi connectivity index (χ1n) is 7.30. The summed E-state index contributed by atoms with van der Waals surface area (Å²) in [7, 11) is 6.11. The van der Waals surface area contributed by atoms with Crippen LogP contribution in [0, 0.1) is 11.8 Å². The highest BCUT2D eigenvalue weighted by Gasteiger charge is 1.99. The van der Waals surface area contributed by atoms with E-state index >= 15 is 0 Å². The van der Waals surface area contributed by atoms with Crippen LogP contribution in [0.1, 0.15) is 11.1 Å². The van der Waals surface area contributed by atoms with Crippen molar-refractivity contribution in [3.05, 3.63) is 72.1 Å². The van der Waals surface area contributed by atoms with Crippen LogP contribution >= 0.6 is 0 Å². The van der Waals surface area contributed by atoms with Crippen LogP contribution in [-0.4, -0.2) is 14.1 Å². The van der Waals surface area contributed by atoms with Gasteiger partial charge in [-0.05, 0) is 47.9 Å². The second-order valence-electron chi connectivity index (χ2n) is 5.65. The molecule has 0 aliphatic carbocycles. The lowest BCUT2D eigenvalue weighted by atomic mass is 10.1. The quantitative estimate of drug-likeness (QED) is 0.312. The summed E-state index contributed by atoms with van der Waals surface area (Å²) in [6.07, 6.45) is 4.17. The summed E-state index contributed by atoms with van der Waals surface area (Å²) >= 11 is 0. The van der Waals surface area contributed by atoms with Crippen LogP contribution in [0.2, 0.25) is 0 Å². The van der Waals surface area contributed by atoms with Gasteiger partial charge in [0, 0.05) is 42.4 Å². The molecule has 3 aromatic rings. The summed E-state index contributed by atoms with van der Waals surface area (Å²) < 4.78 is 2.06. The molecule has 0 unspecified atom stereocenters. The Balaban J connectivity index is 0.00000192. The number of nitrogens with zero attached hydrogens (tertiary/aromatic N) is 2. The molecule has 0 atom stereocenters. The largest absolute Gasteiger partial charge is 1.00 e. The number of hydrogen-bond acceptors (Lipinski definition) is 1. The third kappa shape index (κ3) is 4.23.